The summed E-state index contributed by atoms with van der Waals surface area (Å²) in [5.41, 5.74) is 6.23. The Balaban J connectivity index is 2.41. The van der Waals surface area contributed by atoms with Crippen LogP contribution in [0.15, 0.2) is 5.38 Å². The molecule has 0 fully saturated rings. The number of carbonyl (C=O) groups excluding carboxylic acids is 1. The van der Waals surface area contributed by atoms with E-state index in [-0.39, 0.29) is 25.0 Å². The van der Waals surface area contributed by atoms with Crippen molar-refractivity contribution in [3.63, 3.8) is 0 Å². The molecule has 0 aliphatic heterocycles. The number of aryl methyl sites for hydroxylation is 1. The molecule has 1 aromatic rings. The van der Waals surface area contributed by atoms with Crippen LogP contribution in [-0.2, 0) is 17.6 Å². The molecule has 0 aliphatic carbocycles. The highest BCUT2D eigenvalue weighted by atomic mass is 32.1. The fourth-order valence-corrected chi connectivity index (χ4v) is 2.36. The summed E-state index contributed by atoms with van der Waals surface area (Å²) in [5, 5.41) is 14.7. The maximum Gasteiger partial charge on any atom is 0.226 e. The topological polar surface area (TPSA) is 88.2 Å². The van der Waals surface area contributed by atoms with Crippen LogP contribution in [-0.4, -0.2) is 35.2 Å². The van der Waals surface area contributed by atoms with E-state index in [0.29, 0.717) is 6.54 Å². The zero-order chi connectivity index (χ0) is 13.4. The summed E-state index contributed by atoms with van der Waals surface area (Å²) >= 11 is 1.57. The molecule has 1 aromatic heterocycles. The van der Waals surface area contributed by atoms with E-state index < -0.39 is 0 Å². The summed E-state index contributed by atoms with van der Waals surface area (Å²) in [6, 6.07) is -0.159. The molecule has 4 N–H and O–H groups in total. The average Bonchev–Trinajstić information content (AvgIpc) is 2.81. The molecule has 5 nitrogen and oxygen atoms in total. The van der Waals surface area contributed by atoms with Gasteiger partial charge in [0.1, 0.15) is 0 Å². The Morgan fingerprint density at radius 2 is 2.44 bits per heavy atom. The second kappa shape index (κ2) is 8.18. The van der Waals surface area contributed by atoms with Gasteiger partial charge >= 0.3 is 0 Å². The first-order chi connectivity index (χ1) is 8.69. The van der Waals surface area contributed by atoms with Crippen molar-refractivity contribution in [3.8, 4) is 0 Å². The number of nitrogens with one attached hydrogen (secondary N) is 1. The molecule has 0 aromatic carbocycles. The molecule has 0 spiro atoms. The first kappa shape index (κ1) is 15.1. The van der Waals surface area contributed by atoms with Gasteiger partial charge in [-0.25, -0.2) is 4.98 Å². The van der Waals surface area contributed by atoms with Gasteiger partial charge in [-0.15, -0.1) is 11.3 Å². The molecule has 1 atom stereocenters. The van der Waals surface area contributed by atoms with Gasteiger partial charge in [0.25, 0.3) is 0 Å². The summed E-state index contributed by atoms with van der Waals surface area (Å²) in [6.07, 6.45) is 2.79. The molecular formula is C12H21N3O2S. The third-order valence-corrected chi connectivity index (χ3v) is 3.57. The van der Waals surface area contributed by atoms with Crippen LogP contribution >= 0.6 is 11.3 Å². The van der Waals surface area contributed by atoms with Crippen LogP contribution in [0, 0.1) is 0 Å². The summed E-state index contributed by atoms with van der Waals surface area (Å²) in [4.78, 5) is 16.1. The van der Waals surface area contributed by atoms with Gasteiger partial charge in [0.15, 0.2) is 0 Å². The number of aromatic nitrogens is 1. The van der Waals surface area contributed by atoms with Crippen molar-refractivity contribution in [2.24, 2.45) is 5.73 Å². The Morgan fingerprint density at radius 3 is 3.06 bits per heavy atom. The lowest BCUT2D eigenvalue weighted by Gasteiger charge is -2.13. The predicted octanol–water partition coefficient (Wildman–Crippen LogP) is 0.464. The van der Waals surface area contributed by atoms with E-state index in [2.05, 4.69) is 10.3 Å². The number of nitrogens with zero attached hydrogens (tertiary/aromatic N) is 1. The molecule has 1 heterocycles. The normalized spacial score (nSPS) is 12.4. The molecule has 0 radical (unpaired) electrons. The molecule has 6 heteroatoms. The van der Waals surface area contributed by atoms with Gasteiger partial charge in [-0.3, -0.25) is 4.79 Å². The fourth-order valence-electron chi connectivity index (χ4n) is 1.52. The Kier molecular flexibility index (Phi) is 6.85. The minimum absolute atomic E-state index is 0.0267. The Hall–Kier alpha value is -0.980. The molecule has 1 amide bonds. The monoisotopic (exact) mass is 271 g/mol. The van der Waals surface area contributed by atoms with Crippen molar-refractivity contribution in [1.82, 2.24) is 10.3 Å². The number of aliphatic hydroxyl groups excluding tert-OH is 1. The van der Waals surface area contributed by atoms with Crippen LogP contribution in [0.4, 0.5) is 0 Å². The third kappa shape index (κ3) is 5.12. The van der Waals surface area contributed by atoms with E-state index in [0.717, 1.165) is 30.0 Å². The van der Waals surface area contributed by atoms with Gasteiger partial charge in [-0.2, -0.15) is 0 Å². The standard InChI is InChI=1S/C12H21N3O2S/c1-2-9(7-16)14-11(17)6-10-8-18-12(15-10)4-3-5-13/h8-9,16H,2-7,13H2,1H3,(H,14,17). The fraction of sp³-hybridized carbons (Fsp3) is 0.667. The lowest BCUT2D eigenvalue weighted by Crippen LogP contribution is -2.37. The van der Waals surface area contributed by atoms with Crippen LogP contribution in [0.2, 0.25) is 0 Å². The Labute approximate surface area is 111 Å². The van der Waals surface area contributed by atoms with Gasteiger partial charge in [0.05, 0.1) is 29.8 Å². The number of nitrogens with two attached hydrogens (primary N) is 1. The number of rotatable bonds is 8. The number of thiazole rings is 1. The Bertz CT molecular complexity index is 364. The quantitative estimate of drug-likeness (QED) is 0.641. The third-order valence-electron chi connectivity index (χ3n) is 2.61. The van der Waals surface area contributed by atoms with E-state index >= 15 is 0 Å². The summed E-state index contributed by atoms with van der Waals surface area (Å²) in [7, 11) is 0. The maximum absolute atomic E-state index is 11.7. The van der Waals surface area contributed by atoms with Gasteiger partial charge in [-0.1, -0.05) is 6.92 Å². The Morgan fingerprint density at radius 1 is 1.67 bits per heavy atom. The first-order valence-corrected chi connectivity index (χ1v) is 7.11. The number of aliphatic hydroxyl groups is 1. The van der Waals surface area contributed by atoms with Crippen LogP contribution < -0.4 is 11.1 Å². The highest BCUT2D eigenvalue weighted by molar-refractivity contribution is 7.09. The largest absolute Gasteiger partial charge is 0.394 e. The van der Waals surface area contributed by atoms with Crippen molar-refractivity contribution in [1.29, 1.82) is 0 Å². The van der Waals surface area contributed by atoms with Crippen molar-refractivity contribution < 1.29 is 9.90 Å². The molecule has 1 unspecified atom stereocenters. The van der Waals surface area contributed by atoms with E-state index in [1.54, 1.807) is 11.3 Å². The summed E-state index contributed by atoms with van der Waals surface area (Å²) < 4.78 is 0. The molecule has 1 rings (SSSR count). The van der Waals surface area contributed by atoms with E-state index in [1.165, 1.54) is 0 Å². The number of hydrogen-bond acceptors (Lipinski definition) is 5. The minimum Gasteiger partial charge on any atom is -0.394 e. The number of hydrogen-bond donors (Lipinski definition) is 3. The zero-order valence-electron chi connectivity index (χ0n) is 10.7. The highest BCUT2D eigenvalue weighted by Gasteiger charge is 2.11. The van der Waals surface area contributed by atoms with Crippen molar-refractivity contribution >= 4 is 17.2 Å². The SMILES string of the molecule is CCC(CO)NC(=O)Cc1csc(CCCN)n1. The van der Waals surface area contributed by atoms with Gasteiger partial charge in [-0.05, 0) is 19.4 Å². The summed E-state index contributed by atoms with van der Waals surface area (Å²) in [6.45, 7) is 2.56. The predicted molar refractivity (Wildman–Crippen MR) is 72.5 cm³/mol. The maximum atomic E-state index is 11.7. The number of amides is 1. The molecule has 0 bridgehead atoms. The van der Waals surface area contributed by atoms with E-state index in [9.17, 15) is 4.79 Å². The molecule has 0 aliphatic rings. The van der Waals surface area contributed by atoms with Crippen molar-refractivity contribution in [2.45, 2.75) is 38.6 Å². The second-order valence-electron chi connectivity index (χ2n) is 4.16. The minimum atomic E-state index is -0.159. The van der Waals surface area contributed by atoms with Gasteiger partial charge in [0, 0.05) is 11.8 Å². The first-order valence-electron chi connectivity index (χ1n) is 6.23. The average molecular weight is 271 g/mol. The number of carbonyl (C=O) groups is 1. The lowest BCUT2D eigenvalue weighted by atomic mass is 10.2. The molecular weight excluding hydrogens is 250 g/mol. The molecule has 102 valence electrons. The zero-order valence-corrected chi connectivity index (χ0v) is 11.5. The smallest absolute Gasteiger partial charge is 0.226 e. The molecule has 18 heavy (non-hydrogen) atoms. The molecule has 0 saturated carbocycles. The molecule has 0 saturated heterocycles. The van der Waals surface area contributed by atoms with Gasteiger partial charge in [0.2, 0.25) is 5.91 Å². The summed E-state index contributed by atoms with van der Waals surface area (Å²) in [5.74, 6) is -0.0911. The second-order valence-corrected chi connectivity index (χ2v) is 5.10. The van der Waals surface area contributed by atoms with E-state index in [4.69, 9.17) is 10.8 Å². The van der Waals surface area contributed by atoms with Crippen LogP contribution in [0.1, 0.15) is 30.5 Å². The van der Waals surface area contributed by atoms with Crippen molar-refractivity contribution in [3.05, 3.63) is 16.1 Å². The lowest BCUT2D eigenvalue weighted by molar-refractivity contribution is -0.121. The highest BCUT2D eigenvalue weighted by Crippen LogP contribution is 2.12. The van der Waals surface area contributed by atoms with Crippen LogP contribution in [0.25, 0.3) is 0 Å². The van der Waals surface area contributed by atoms with E-state index in [1.807, 2.05) is 12.3 Å². The van der Waals surface area contributed by atoms with Crippen LogP contribution in [0.3, 0.4) is 0 Å². The van der Waals surface area contributed by atoms with Gasteiger partial charge < -0.3 is 16.2 Å². The van der Waals surface area contributed by atoms with Crippen molar-refractivity contribution in [2.75, 3.05) is 13.2 Å². The van der Waals surface area contributed by atoms with Crippen LogP contribution in [0.5, 0.6) is 0 Å².